The van der Waals surface area contributed by atoms with E-state index in [1.807, 2.05) is 31.2 Å². The molecule has 1 atom stereocenters. The molecule has 1 aliphatic rings. The van der Waals surface area contributed by atoms with Crippen molar-refractivity contribution in [3.8, 4) is 0 Å². The highest BCUT2D eigenvalue weighted by Crippen LogP contribution is 2.40. The molecule has 0 bridgehead atoms. The summed E-state index contributed by atoms with van der Waals surface area (Å²) in [5.74, 6) is -2.02. The smallest absolute Gasteiger partial charge is 0.295 e. The maximum Gasteiger partial charge on any atom is 0.295 e. The van der Waals surface area contributed by atoms with Crippen LogP contribution in [0.25, 0.3) is 5.76 Å². The topological polar surface area (TPSA) is 57.6 Å². The molecule has 4 nitrogen and oxygen atoms in total. The van der Waals surface area contributed by atoms with Gasteiger partial charge in [0.1, 0.15) is 11.6 Å². The largest absolute Gasteiger partial charge is 0.507 e. The summed E-state index contributed by atoms with van der Waals surface area (Å²) in [5, 5.41) is 10.9. The fraction of sp³-hybridized carbons (Fsp3) is 0.304. The fourth-order valence-corrected chi connectivity index (χ4v) is 3.62. The van der Waals surface area contributed by atoms with E-state index in [0.717, 1.165) is 30.4 Å². The summed E-state index contributed by atoms with van der Waals surface area (Å²) >= 11 is 0. The quantitative estimate of drug-likeness (QED) is 0.340. The van der Waals surface area contributed by atoms with E-state index in [-0.39, 0.29) is 11.3 Å². The molecule has 0 aromatic heterocycles. The summed E-state index contributed by atoms with van der Waals surface area (Å²) in [6, 6.07) is 12.1. The molecule has 146 valence electrons. The molecule has 0 radical (unpaired) electrons. The van der Waals surface area contributed by atoms with Crippen molar-refractivity contribution in [3.63, 3.8) is 0 Å². The summed E-state index contributed by atoms with van der Waals surface area (Å²) in [7, 11) is 0. The number of ketones is 1. The van der Waals surface area contributed by atoms with E-state index in [1.54, 1.807) is 4.90 Å². The maximum atomic E-state index is 13.3. The Bertz CT molecular complexity index is 918. The number of hydrogen-bond acceptors (Lipinski definition) is 3. The van der Waals surface area contributed by atoms with Crippen LogP contribution in [0.5, 0.6) is 0 Å². The number of Topliss-reactive ketones (excluding diaryl/α,β-unsaturated/α-hetero) is 1. The van der Waals surface area contributed by atoms with Crippen molar-refractivity contribution < 1.29 is 19.1 Å². The fourth-order valence-electron chi connectivity index (χ4n) is 3.62. The highest BCUT2D eigenvalue weighted by atomic mass is 19.1. The van der Waals surface area contributed by atoms with Crippen LogP contribution in [0.4, 0.5) is 4.39 Å². The molecule has 2 aromatic rings. The van der Waals surface area contributed by atoms with Gasteiger partial charge in [-0.2, -0.15) is 0 Å². The molecule has 1 N–H and O–H groups in total. The number of hydrogen-bond donors (Lipinski definition) is 1. The number of aryl methyl sites for hydroxylation is 1. The number of carbonyl (C=O) groups is 2. The minimum atomic E-state index is -0.702. The Kier molecular flexibility index (Phi) is 5.93. The molecule has 2 aromatic carbocycles. The predicted molar refractivity (Wildman–Crippen MR) is 106 cm³/mol. The van der Waals surface area contributed by atoms with Gasteiger partial charge < -0.3 is 10.0 Å². The van der Waals surface area contributed by atoms with Crippen molar-refractivity contribution in [2.45, 2.75) is 39.2 Å². The highest BCUT2D eigenvalue weighted by molar-refractivity contribution is 6.46. The molecule has 28 heavy (non-hydrogen) atoms. The molecule has 1 unspecified atom stereocenters. The molecule has 1 fully saturated rings. The Balaban J connectivity index is 2.14. The maximum absolute atomic E-state index is 13.3. The molecule has 0 aliphatic carbocycles. The van der Waals surface area contributed by atoms with Crippen LogP contribution in [0, 0.1) is 12.7 Å². The van der Waals surface area contributed by atoms with Crippen LogP contribution < -0.4 is 0 Å². The van der Waals surface area contributed by atoms with Crippen LogP contribution >= 0.6 is 0 Å². The SMILES string of the molecule is CCCCCN1C(=O)C(=O)/C(=C(\O)c2ccc(F)cc2)C1c1ccccc1C. The number of aliphatic hydroxyl groups excluding tert-OH is 1. The molecule has 5 heteroatoms. The minimum Gasteiger partial charge on any atom is -0.507 e. The van der Waals surface area contributed by atoms with Crippen molar-refractivity contribution in [1.82, 2.24) is 4.90 Å². The molecule has 1 aliphatic heterocycles. The van der Waals surface area contributed by atoms with Crippen LogP contribution in [0.3, 0.4) is 0 Å². The number of aliphatic hydroxyl groups is 1. The van der Waals surface area contributed by atoms with Gasteiger partial charge in [-0.25, -0.2) is 4.39 Å². The number of benzene rings is 2. The van der Waals surface area contributed by atoms with E-state index in [1.165, 1.54) is 24.3 Å². The summed E-state index contributed by atoms with van der Waals surface area (Å²) in [6.07, 6.45) is 2.72. The Morgan fingerprint density at radius 1 is 1.07 bits per heavy atom. The van der Waals surface area contributed by atoms with E-state index in [0.29, 0.717) is 12.1 Å². The average Bonchev–Trinajstić information content (AvgIpc) is 2.93. The molecular formula is C23H24FNO3. The van der Waals surface area contributed by atoms with Gasteiger partial charge in [0, 0.05) is 12.1 Å². The number of unbranched alkanes of at least 4 members (excludes halogenated alkanes) is 2. The summed E-state index contributed by atoms with van der Waals surface area (Å²) in [6.45, 7) is 4.43. The molecular weight excluding hydrogens is 357 g/mol. The van der Waals surface area contributed by atoms with Gasteiger partial charge >= 0.3 is 0 Å². The lowest BCUT2D eigenvalue weighted by Crippen LogP contribution is -2.31. The second-order valence-corrected chi connectivity index (χ2v) is 7.06. The Hall–Kier alpha value is -2.95. The van der Waals surface area contributed by atoms with E-state index in [2.05, 4.69) is 6.92 Å². The number of amides is 1. The molecule has 1 saturated heterocycles. The number of carbonyl (C=O) groups excluding carboxylic acids is 2. The molecule has 1 heterocycles. The zero-order valence-corrected chi connectivity index (χ0v) is 16.1. The molecule has 1 amide bonds. The summed E-state index contributed by atoms with van der Waals surface area (Å²) in [5.41, 5.74) is 2.11. The van der Waals surface area contributed by atoms with Crippen LogP contribution in [0.2, 0.25) is 0 Å². The number of likely N-dealkylation sites (tertiary alicyclic amines) is 1. The first-order chi connectivity index (χ1) is 13.5. The zero-order chi connectivity index (χ0) is 20.3. The van der Waals surface area contributed by atoms with Gasteiger partial charge in [-0.1, -0.05) is 44.0 Å². The van der Waals surface area contributed by atoms with Gasteiger partial charge in [0.2, 0.25) is 0 Å². The predicted octanol–water partition coefficient (Wildman–Crippen LogP) is 4.75. The lowest BCUT2D eigenvalue weighted by Gasteiger charge is -2.26. The first-order valence-electron chi connectivity index (χ1n) is 9.55. The minimum absolute atomic E-state index is 0.0578. The summed E-state index contributed by atoms with van der Waals surface area (Å²) in [4.78, 5) is 27.2. The third-order valence-electron chi connectivity index (χ3n) is 5.14. The van der Waals surface area contributed by atoms with Crippen molar-refractivity contribution in [1.29, 1.82) is 0 Å². The second-order valence-electron chi connectivity index (χ2n) is 7.06. The lowest BCUT2D eigenvalue weighted by molar-refractivity contribution is -0.139. The zero-order valence-electron chi connectivity index (χ0n) is 16.1. The Morgan fingerprint density at radius 3 is 2.39 bits per heavy atom. The normalized spacial score (nSPS) is 18.7. The second kappa shape index (κ2) is 8.38. The van der Waals surface area contributed by atoms with E-state index < -0.39 is 23.5 Å². The molecule has 0 spiro atoms. The van der Waals surface area contributed by atoms with Gasteiger partial charge in [0.05, 0.1) is 11.6 Å². The Morgan fingerprint density at radius 2 is 1.75 bits per heavy atom. The molecule has 0 saturated carbocycles. The third kappa shape index (κ3) is 3.70. The van der Waals surface area contributed by atoms with Gasteiger partial charge in [0.25, 0.3) is 11.7 Å². The lowest BCUT2D eigenvalue weighted by atomic mass is 9.92. The number of halogens is 1. The van der Waals surface area contributed by atoms with Crippen LogP contribution in [-0.2, 0) is 9.59 Å². The number of nitrogens with zero attached hydrogens (tertiary/aromatic N) is 1. The van der Waals surface area contributed by atoms with Gasteiger partial charge in [-0.15, -0.1) is 0 Å². The van der Waals surface area contributed by atoms with Crippen LogP contribution in [-0.4, -0.2) is 28.2 Å². The monoisotopic (exact) mass is 381 g/mol. The Labute approximate surface area is 164 Å². The van der Waals surface area contributed by atoms with Gasteiger partial charge in [-0.3, -0.25) is 9.59 Å². The first kappa shape index (κ1) is 19.8. The standard InChI is InChI=1S/C23H24FNO3/c1-3-4-7-14-25-20(18-9-6-5-8-15(18)2)19(22(27)23(25)28)21(26)16-10-12-17(24)13-11-16/h5-6,8-13,20,26H,3-4,7,14H2,1-2H3/b21-19-. The van der Waals surface area contributed by atoms with Crippen LogP contribution in [0.15, 0.2) is 54.1 Å². The third-order valence-corrected chi connectivity index (χ3v) is 5.14. The van der Waals surface area contributed by atoms with E-state index in [9.17, 15) is 19.1 Å². The molecule has 3 rings (SSSR count). The van der Waals surface area contributed by atoms with Crippen molar-refractivity contribution in [2.75, 3.05) is 6.54 Å². The van der Waals surface area contributed by atoms with Crippen molar-refractivity contribution in [3.05, 3.63) is 76.6 Å². The van der Waals surface area contributed by atoms with Crippen LogP contribution in [0.1, 0.15) is 48.9 Å². The van der Waals surface area contributed by atoms with Crippen molar-refractivity contribution >= 4 is 17.4 Å². The highest BCUT2D eigenvalue weighted by Gasteiger charge is 2.46. The van der Waals surface area contributed by atoms with Gasteiger partial charge in [0.15, 0.2) is 0 Å². The average molecular weight is 381 g/mol. The van der Waals surface area contributed by atoms with Gasteiger partial charge in [-0.05, 0) is 48.7 Å². The van der Waals surface area contributed by atoms with E-state index in [4.69, 9.17) is 0 Å². The van der Waals surface area contributed by atoms with Crippen molar-refractivity contribution in [2.24, 2.45) is 0 Å². The number of rotatable bonds is 6. The first-order valence-corrected chi connectivity index (χ1v) is 9.55. The summed E-state index contributed by atoms with van der Waals surface area (Å²) < 4.78 is 13.3. The van der Waals surface area contributed by atoms with E-state index >= 15 is 0 Å².